The van der Waals surface area contributed by atoms with Gasteiger partial charge in [-0.1, -0.05) is 23.1 Å². The van der Waals surface area contributed by atoms with Crippen molar-refractivity contribution in [3.63, 3.8) is 0 Å². The summed E-state index contributed by atoms with van der Waals surface area (Å²) in [5.74, 6) is 0.848. The maximum atomic E-state index is 6.54. The summed E-state index contributed by atoms with van der Waals surface area (Å²) in [5.41, 5.74) is 3.45. The van der Waals surface area contributed by atoms with Gasteiger partial charge in [-0.25, -0.2) is 0 Å². The molecule has 1 aromatic rings. The quantitative estimate of drug-likeness (QED) is 0.742. The highest BCUT2D eigenvalue weighted by molar-refractivity contribution is 6.76. The van der Waals surface area contributed by atoms with Crippen molar-refractivity contribution in [2.75, 3.05) is 13.7 Å². The minimum Gasteiger partial charge on any atom is -0.497 e. The smallest absolute Gasteiger partial charge is 0.241 e. The first kappa shape index (κ1) is 17.8. The molecule has 0 amide bonds. The molecule has 0 aromatic heterocycles. The second-order valence-corrected chi connectivity index (χ2v) is 15.5. The lowest BCUT2D eigenvalue weighted by atomic mass is 10.0. The van der Waals surface area contributed by atoms with Crippen molar-refractivity contribution in [3.8, 4) is 5.75 Å². The molecule has 0 spiro atoms. The molecule has 132 valence electrons. The van der Waals surface area contributed by atoms with Gasteiger partial charge < -0.3 is 13.7 Å². The van der Waals surface area contributed by atoms with Crippen LogP contribution in [0.1, 0.15) is 11.7 Å². The number of fused-ring (bicyclic) bond motifs is 1. The first-order valence-corrected chi connectivity index (χ1v) is 14.3. The molecule has 0 unspecified atom stereocenters. The fraction of sp³-hybridized carbons (Fsp3) is 0.529. The zero-order chi connectivity index (χ0) is 17.5. The lowest BCUT2D eigenvalue weighted by Crippen LogP contribution is -2.42. The Hall–Kier alpha value is -0.966. The van der Waals surface area contributed by atoms with E-state index < -0.39 is 16.6 Å². The average molecular weight is 366 g/mol. The minimum absolute atomic E-state index is 0.0420. The molecule has 3 rings (SSSR count). The van der Waals surface area contributed by atoms with Crippen LogP contribution in [0.3, 0.4) is 0 Å². The summed E-state index contributed by atoms with van der Waals surface area (Å²) in [7, 11) is -2.17. The predicted molar refractivity (Wildman–Crippen MR) is 98.4 cm³/mol. The summed E-state index contributed by atoms with van der Waals surface area (Å²) in [6.45, 7) is 13.3. The Morgan fingerprint density at radius 3 is 2.54 bits per heavy atom. The van der Waals surface area contributed by atoms with Crippen molar-refractivity contribution in [2.24, 2.45) is 0 Å². The topological polar surface area (TPSA) is 40.2 Å². The molecule has 7 heteroatoms. The van der Waals surface area contributed by atoms with Gasteiger partial charge in [-0.15, -0.1) is 6.58 Å². The molecule has 3 atom stereocenters. The standard InChI is InChI=1S/C17H27NO4Si2/c1-7-23(3,4)22-18-16-15(12-20-18)24(5,6)21-17(16)13-8-10-14(19-2)11-9-13/h7-11,15-17H,1,12H2,2-6H3/t15-,16+,17-/m1/s1. The third kappa shape index (κ3) is 3.24. The number of hydroxylamine groups is 2. The number of rotatable bonds is 5. The van der Waals surface area contributed by atoms with E-state index in [1.807, 2.05) is 17.8 Å². The molecule has 0 aliphatic carbocycles. The van der Waals surface area contributed by atoms with Gasteiger partial charge in [-0.3, -0.25) is 4.84 Å². The third-order valence-corrected chi connectivity index (χ3v) is 9.72. The van der Waals surface area contributed by atoms with Gasteiger partial charge in [0.25, 0.3) is 0 Å². The summed E-state index contributed by atoms with van der Waals surface area (Å²) >= 11 is 0. The van der Waals surface area contributed by atoms with E-state index in [4.69, 9.17) is 18.5 Å². The number of ether oxygens (including phenoxy) is 1. The molecule has 5 nitrogen and oxygen atoms in total. The summed E-state index contributed by atoms with van der Waals surface area (Å²) in [4.78, 5) is 5.92. The van der Waals surface area contributed by atoms with E-state index >= 15 is 0 Å². The molecule has 0 bridgehead atoms. The largest absolute Gasteiger partial charge is 0.497 e. The van der Waals surface area contributed by atoms with Crippen molar-refractivity contribution >= 4 is 16.6 Å². The van der Waals surface area contributed by atoms with Crippen molar-refractivity contribution in [2.45, 2.75) is 43.9 Å². The summed E-state index contributed by atoms with van der Waals surface area (Å²) in [6, 6.07) is 8.19. The monoisotopic (exact) mass is 365 g/mol. The summed E-state index contributed by atoms with van der Waals surface area (Å²) < 4.78 is 18.0. The van der Waals surface area contributed by atoms with Gasteiger partial charge in [-0.2, -0.15) is 0 Å². The lowest BCUT2D eigenvalue weighted by molar-refractivity contribution is -0.318. The fourth-order valence-corrected chi connectivity index (χ4v) is 6.73. The lowest BCUT2D eigenvalue weighted by Gasteiger charge is -2.31. The van der Waals surface area contributed by atoms with E-state index in [1.165, 1.54) is 0 Å². The second-order valence-electron chi connectivity index (χ2n) is 7.49. The zero-order valence-electron chi connectivity index (χ0n) is 15.1. The maximum Gasteiger partial charge on any atom is 0.241 e. The Balaban J connectivity index is 1.89. The molecule has 0 saturated carbocycles. The highest BCUT2D eigenvalue weighted by Crippen LogP contribution is 2.51. The van der Waals surface area contributed by atoms with Crippen LogP contribution in [0.25, 0.3) is 0 Å². The van der Waals surface area contributed by atoms with E-state index in [2.05, 4.69) is 44.9 Å². The molecule has 2 aliphatic heterocycles. The number of methoxy groups -OCH3 is 1. The third-order valence-electron chi connectivity index (χ3n) is 4.93. The zero-order valence-corrected chi connectivity index (χ0v) is 17.1. The van der Waals surface area contributed by atoms with E-state index in [-0.39, 0.29) is 12.1 Å². The Morgan fingerprint density at radius 2 is 1.96 bits per heavy atom. The van der Waals surface area contributed by atoms with Crippen molar-refractivity contribution in [1.82, 2.24) is 5.23 Å². The van der Waals surface area contributed by atoms with Gasteiger partial charge in [0.2, 0.25) is 8.32 Å². The minimum atomic E-state index is -1.99. The number of hydrogen-bond donors (Lipinski definition) is 0. The van der Waals surface area contributed by atoms with Gasteiger partial charge in [-0.05, 0) is 43.9 Å². The van der Waals surface area contributed by atoms with E-state index in [0.29, 0.717) is 12.1 Å². The van der Waals surface area contributed by atoms with Crippen LogP contribution in [-0.4, -0.2) is 41.6 Å². The van der Waals surface area contributed by atoms with Crippen LogP contribution in [0.5, 0.6) is 5.75 Å². The fourth-order valence-electron chi connectivity index (χ4n) is 3.32. The van der Waals surface area contributed by atoms with Crippen LogP contribution in [0.2, 0.25) is 31.7 Å². The van der Waals surface area contributed by atoms with Crippen LogP contribution in [-0.2, 0) is 13.8 Å². The molecule has 2 fully saturated rings. The van der Waals surface area contributed by atoms with Gasteiger partial charge in [0.05, 0.1) is 25.9 Å². The highest BCUT2D eigenvalue weighted by Gasteiger charge is 2.59. The van der Waals surface area contributed by atoms with Crippen LogP contribution in [0.15, 0.2) is 36.5 Å². The first-order chi connectivity index (χ1) is 11.3. The number of benzene rings is 1. The highest BCUT2D eigenvalue weighted by atomic mass is 28.4. The molecule has 2 saturated heterocycles. The Morgan fingerprint density at radius 1 is 1.29 bits per heavy atom. The number of nitrogens with zero attached hydrogens (tertiary/aromatic N) is 1. The normalized spacial score (nSPS) is 29.5. The number of hydrogen-bond acceptors (Lipinski definition) is 5. The predicted octanol–water partition coefficient (Wildman–Crippen LogP) is 3.82. The van der Waals surface area contributed by atoms with Crippen molar-refractivity contribution in [3.05, 3.63) is 42.1 Å². The van der Waals surface area contributed by atoms with Crippen LogP contribution < -0.4 is 4.74 Å². The van der Waals surface area contributed by atoms with Gasteiger partial charge in [0, 0.05) is 5.54 Å². The second kappa shape index (κ2) is 6.40. The molecule has 0 radical (unpaired) electrons. The van der Waals surface area contributed by atoms with E-state index in [9.17, 15) is 0 Å². The Kier molecular flexibility index (Phi) is 4.76. The summed E-state index contributed by atoms with van der Waals surface area (Å²) in [5, 5.41) is 1.72. The van der Waals surface area contributed by atoms with E-state index in [1.54, 1.807) is 12.3 Å². The molecule has 1 aromatic carbocycles. The molecular weight excluding hydrogens is 338 g/mol. The molecule has 0 N–H and O–H groups in total. The average Bonchev–Trinajstić information content (AvgIpc) is 3.07. The van der Waals surface area contributed by atoms with Crippen molar-refractivity contribution in [1.29, 1.82) is 0 Å². The maximum absolute atomic E-state index is 6.54. The molecule has 2 heterocycles. The van der Waals surface area contributed by atoms with Crippen LogP contribution in [0.4, 0.5) is 0 Å². The van der Waals surface area contributed by atoms with Crippen LogP contribution >= 0.6 is 0 Å². The molecule has 24 heavy (non-hydrogen) atoms. The van der Waals surface area contributed by atoms with Gasteiger partial charge in [0.1, 0.15) is 5.75 Å². The van der Waals surface area contributed by atoms with Gasteiger partial charge >= 0.3 is 0 Å². The summed E-state index contributed by atoms with van der Waals surface area (Å²) in [6.07, 6.45) is -0.0420. The molecule has 2 aliphatic rings. The Labute approximate surface area is 146 Å². The van der Waals surface area contributed by atoms with Crippen molar-refractivity contribution < 1.29 is 18.5 Å². The van der Waals surface area contributed by atoms with Crippen LogP contribution in [0, 0.1) is 0 Å². The molecular formula is C17H27NO4Si2. The van der Waals surface area contributed by atoms with Gasteiger partial charge in [0.15, 0.2) is 8.32 Å². The van der Waals surface area contributed by atoms with E-state index in [0.717, 1.165) is 11.3 Å². The Bertz CT molecular complexity index is 605. The first-order valence-electron chi connectivity index (χ1n) is 8.34. The SMILES string of the molecule is C=C[Si](C)(C)ON1OC[C@@H]2[C@H]1[C@@H](c1ccc(OC)cc1)O[Si]2(C)C.